The molecule has 5 rings (SSSR count). The number of carbonyl (C=O) groups excluding carboxylic acids is 1. The van der Waals surface area contributed by atoms with Crippen LogP contribution in [-0.4, -0.2) is 45.6 Å². The van der Waals surface area contributed by atoms with E-state index in [1.165, 1.54) is 5.56 Å². The Balaban J connectivity index is 1.19. The zero-order valence-electron chi connectivity index (χ0n) is 24.7. The normalized spacial score (nSPS) is 43.1. The molecule has 5 nitrogen and oxygen atoms in total. The van der Waals surface area contributed by atoms with Crippen LogP contribution in [0, 0.1) is 46.3 Å². The maximum absolute atomic E-state index is 12.8. The van der Waals surface area contributed by atoms with Gasteiger partial charge in [0, 0.05) is 12.5 Å². The summed E-state index contributed by atoms with van der Waals surface area (Å²) in [6.45, 7) is 9.05. The Morgan fingerprint density at radius 3 is 2.46 bits per heavy atom. The van der Waals surface area contributed by atoms with Crippen molar-refractivity contribution in [2.24, 2.45) is 46.3 Å². The average molecular weight is 540 g/mol. The lowest BCUT2D eigenvalue weighted by molar-refractivity contribution is -0.207. The lowest BCUT2D eigenvalue weighted by Crippen LogP contribution is -2.62. The van der Waals surface area contributed by atoms with Gasteiger partial charge in [0.15, 0.2) is 0 Å². The predicted octanol–water partition coefficient (Wildman–Crippen LogP) is 5.50. The molecular formula is C34H53NO4. The van der Waals surface area contributed by atoms with Crippen molar-refractivity contribution in [3.63, 3.8) is 0 Å². The SMILES string of the molecule is CC(CCc1ccccc1)NC(=O)CCC(C)C1CCC2C3C(O)CC4CC(O)CCC4(C)C3CC(O)C12C. The number of fused-ring (bicyclic) bond motifs is 5. The molecule has 4 N–H and O–H groups in total. The Kier molecular flexibility index (Phi) is 8.54. The zero-order chi connectivity index (χ0) is 27.9. The van der Waals surface area contributed by atoms with E-state index < -0.39 is 0 Å². The van der Waals surface area contributed by atoms with E-state index in [-0.39, 0.29) is 47.0 Å². The number of carbonyl (C=O) groups is 1. The van der Waals surface area contributed by atoms with Gasteiger partial charge in [0.1, 0.15) is 0 Å². The molecule has 1 aromatic rings. The highest BCUT2D eigenvalue weighted by Gasteiger charge is 2.65. The first-order valence-corrected chi connectivity index (χ1v) is 15.9. The molecule has 12 atom stereocenters. The van der Waals surface area contributed by atoms with Crippen molar-refractivity contribution in [3.05, 3.63) is 35.9 Å². The largest absolute Gasteiger partial charge is 0.393 e. The van der Waals surface area contributed by atoms with Crippen molar-refractivity contribution in [2.75, 3.05) is 0 Å². The number of rotatable bonds is 8. The number of hydrogen-bond acceptors (Lipinski definition) is 4. The van der Waals surface area contributed by atoms with Gasteiger partial charge in [-0.1, -0.05) is 51.1 Å². The molecule has 0 bridgehead atoms. The summed E-state index contributed by atoms with van der Waals surface area (Å²) < 4.78 is 0. The lowest BCUT2D eigenvalue weighted by Gasteiger charge is -2.63. The second-order valence-corrected chi connectivity index (χ2v) is 14.5. The van der Waals surface area contributed by atoms with Gasteiger partial charge in [0.25, 0.3) is 0 Å². The molecule has 0 radical (unpaired) electrons. The van der Waals surface area contributed by atoms with E-state index >= 15 is 0 Å². The van der Waals surface area contributed by atoms with Gasteiger partial charge in [-0.2, -0.15) is 0 Å². The number of amides is 1. The number of aliphatic hydroxyl groups is 3. The summed E-state index contributed by atoms with van der Waals surface area (Å²) in [5.74, 6) is 2.08. The van der Waals surface area contributed by atoms with Crippen molar-refractivity contribution in [1.29, 1.82) is 0 Å². The van der Waals surface area contributed by atoms with Crippen LogP contribution in [0.2, 0.25) is 0 Å². The molecule has 0 saturated heterocycles. The van der Waals surface area contributed by atoms with Crippen LogP contribution in [0.25, 0.3) is 0 Å². The standard InChI is InChI=1S/C34H53NO4/c1-21(10-15-31(39)35-22(2)11-12-23-8-6-5-7-9-23)26-13-14-27-32-28(20-30(38)34(26,27)4)33(3)17-16-25(36)18-24(33)19-29(32)37/h5-9,21-22,24-30,32,36-38H,10-20H2,1-4H3,(H,35,39). The van der Waals surface area contributed by atoms with Gasteiger partial charge >= 0.3 is 0 Å². The van der Waals surface area contributed by atoms with E-state index in [0.29, 0.717) is 36.0 Å². The third kappa shape index (κ3) is 5.45. The zero-order valence-corrected chi connectivity index (χ0v) is 24.7. The third-order valence-corrected chi connectivity index (χ3v) is 12.5. The summed E-state index contributed by atoms with van der Waals surface area (Å²) >= 11 is 0. The molecule has 4 aliphatic rings. The van der Waals surface area contributed by atoms with Crippen molar-refractivity contribution in [3.8, 4) is 0 Å². The molecule has 1 amide bonds. The molecule has 4 saturated carbocycles. The lowest BCUT2D eigenvalue weighted by atomic mass is 9.43. The fourth-order valence-electron chi connectivity index (χ4n) is 10.1. The Labute approximate surface area is 236 Å². The first-order valence-electron chi connectivity index (χ1n) is 15.9. The van der Waals surface area contributed by atoms with Gasteiger partial charge < -0.3 is 20.6 Å². The van der Waals surface area contributed by atoms with E-state index in [9.17, 15) is 20.1 Å². The molecule has 4 fully saturated rings. The molecule has 0 spiro atoms. The minimum Gasteiger partial charge on any atom is -0.393 e. The van der Waals surface area contributed by atoms with Crippen molar-refractivity contribution in [2.45, 2.75) is 123 Å². The average Bonchev–Trinajstić information content (AvgIpc) is 3.27. The Bertz CT molecular complexity index is 985. The molecule has 4 aliphatic carbocycles. The molecule has 0 aromatic heterocycles. The van der Waals surface area contributed by atoms with Crippen LogP contribution in [0.5, 0.6) is 0 Å². The van der Waals surface area contributed by atoms with E-state index in [1.807, 2.05) is 6.07 Å². The fraction of sp³-hybridized carbons (Fsp3) is 0.794. The van der Waals surface area contributed by atoms with E-state index in [2.05, 4.69) is 57.3 Å². The molecule has 218 valence electrons. The fourth-order valence-corrected chi connectivity index (χ4v) is 10.1. The second-order valence-electron chi connectivity index (χ2n) is 14.5. The van der Waals surface area contributed by atoms with Crippen LogP contribution in [0.3, 0.4) is 0 Å². The van der Waals surface area contributed by atoms with Gasteiger partial charge in [-0.25, -0.2) is 0 Å². The molecular weight excluding hydrogens is 486 g/mol. The number of aryl methyl sites for hydroxylation is 1. The summed E-state index contributed by atoms with van der Waals surface area (Å²) in [7, 11) is 0. The van der Waals surface area contributed by atoms with Crippen LogP contribution in [0.4, 0.5) is 0 Å². The van der Waals surface area contributed by atoms with E-state index in [0.717, 1.165) is 64.2 Å². The first-order chi connectivity index (χ1) is 18.5. The monoisotopic (exact) mass is 539 g/mol. The van der Waals surface area contributed by atoms with Crippen molar-refractivity contribution in [1.82, 2.24) is 5.32 Å². The Morgan fingerprint density at radius 1 is 0.974 bits per heavy atom. The summed E-state index contributed by atoms with van der Waals surface area (Å²) in [4.78, 5) is 12.8. The van der Waals surface area contributed by atoms with Crippen molar-refractivity contribution >= 4 is 5.91 Å². The highest BCUT2D eigenvalue weighted by molar-refractivity contribution is 5.76. The maximum atomic E-state index is 12.8. The van der Waals surface area contributed by atoms with Crippen LogP contribution in [0.15, 0.2) is 30.3 Å². The predicted molar refractivity (Wildman–Crippen MR) is 155 cm³/mol. The quantitative estimate of drug-likeness (QED) is 0.351. The van der Waals surface area contributed by atoms with Crippen LogP contribution in [-0.2, 0) is 11.2 Å². The molecule has 0 aliphatic heterocycles. The number of nitrogens with one attached hydrogen (secondary N) is 1. The molecule has 1 aromatic carbocycles. The highest BCUT2D eigenvalue weighted by atomic mass is 16.3. The number of hydrogen-bond donors (Lipinski definition) is 4. The van der Waals surface area contributed by atoms with Crippen molar-refractivity contribution < 1.29 is 20.1 Å². The Morgan fingerprint density at radius 2 is 1.72 bits per heavy atom. The number of aliphatic hydroxyl groups excluding tert-OH is 3. The minimum absolute atomic E-state index is 0.102. The highest BCUT2D eigenvalue weighted by Crippen LogP contribution is 2.68. The first kappa shape index (κ1) is 29.1. The summed E-state index contributed by atoms with van der Waals surface area (Å²) in [5.41, 5.74) is 1.20. The summed E-state index contributed by atoms with van der Waals surface area (Å²) in [6, 6.07) is 10.6. The number of benzene rings is 1. The maximum Gasteiger partial charge on any atom is 0.220 e. The van der Waals surface area contributed by atoms with Crippen LogP contribution < -0.4 is 5.32 Å². The third-order valence-electron chi connectivity index (χ3n) is 12.5. The summed E-state index contributed by atoms with van der Waals surface area (Å²) in [6.07, 6.45) is 8.64. The van der Waals surface area contributed by atoms with Gasteiger partial charge in [-0.05, 0) is 123 Å². The summed E-state index contributed by atoms with van der Waals surface area (Å²) in [5, 5.41) is 36.8. The van der Waals surface area contributed by atoms with Gasteiger partial charge in [-0.3, -0.25) is 4.79 Å². The minimum atomic E-state index is -0.375. The van der Waals surface area contributed by atoms with Crippen LogP contribution >= 0.6 is 0 Å². The van der Waals surface area contributed by atoms with Gasteiger partial charge in [0.05, 0.1) is 18.3 Å². The smallest absolute Gasteiger partial charge is 0.220 e. The van der Waals surface area contributed by atoms with E-state index in [1.54, 1.807) is 0 Å². The topological polar surface area (TPSA) is 89.8 Å². The Hall–Kier alpha value is -1.43. The van der Waals surface area contributed by atoms with E-state index in [4.69, 9.17) is 0 Å². The second kappa shape index (κ2) is 11.4. The molecule has 0 heterocycles. The van der Waals surface area contributed by atoms with Crippen LogP contribution in [0.1, 0.15) is 97.5 Å². The molecule has 5 heteroatoms. The molecule has 39 heavy (non-hydrogen) atoms. The van der Waals surface area contributed by atoms with Gasteiger partial charge in [0.2, 0.25) is 5.91 Å². The molecule has 12 unspecified atom stereocenters. The van der Waals surface area contributed by atoms with Gasteiger partial charge in [-0.15, -0.1) is 0 Å².